The van der Waals surface area contributed by atoms with Crippen LogP contribution in [0.15, 0.2) is 18.5 Å². The second-order valence-electron chi connectivity index (χ2n) is 6.00. The third kappa shape index (κ3) is 2.68. The lowest BCUT2D eigenvalue weighted by molar-refractivity contribution is 0.205. The number of anilines is 1. The SMILES string of the molecule is CN(C)CC1(Nc2ncnc3cc(F)c(F)cc23)CCC1. The van der Waals surface area contributed by atoms with Gasteiger partial charge >= 0.3 is 0 Å². The summed E-state index contributed by atoms with van der Waals surface area (Å²) < 4.78 is 26.8. The molecule has 1 heterocycles. The lowest BCUT2D eigenvalue weighted by Gasteiger charge is -2.44. The molecule has 0 saturated heterocycles. The fraction of sp³-hybridized carbons (Fsp3) is 0.467. The Morgan fingerprint density at radius 2 is 1.90 bits per heavy atom. The van der Waals surface area contributed by atoms with Crippen LogP contribution in [0.2, 0.25) is 0 Å². The van der Waals surface area contributed by atoms with Crippen molar-refractivity contribution < 1.29 is 8.78 Å². The molecule has 1 aromatic carbocycles. The number of aromatic nitrogens is 2. The average molecular weight is 292 g/mol. The van der Waals surface area contributed by atoms with Gasteiger partial charge in [-0.25, -0.2) is 18.7 Å². The van der Waals surface area contributed by atoms with E-state index in [1.54, 1.807) is 0 Å². The van der Waals surface area contributed by atoms with Crippen LogP contribution < -0.4 is 5.32 Å². The van der Waals surface area contributed by atoms with Crippen molar-refractivity contribution in [2.24, 2.45) is 0 Å². The highest BCUT2D eigenvalue weighted by molar-refractivity contribution is 5.89. The third-order valence-electron chi connectivity index (χ3n) is 3.99. The Morgan fingerprint density at radius 1 is 1.19 bits per heavy atom. The minimum atomic E-state index is -0.890. The van der Waals surface area contributed by atoms with E-state index in [4.69, 9.17) is 0 Å². The maximum absolute atomic E-state index is 13.5. The smallest absolute Gasteiger partial charge is 0.161 e. The Balaban J connectivity index is 1.98. The predicted octanol–water partition coefficient (Wildman–Crippen LogP) is 2.80. The summed E-state index contributed by atoms with van der Waals surface area (Å²) in [6, 6.07) is 2.27. The largest absolute Gasteiger partial charge is 0.363 e. The van der Waals surface area contributed by atoms with E-state index in [1.165, 1.54) is 6.33 Å². The summed E-state index contributed by atoms with van der Waals surface area (Å²) >= 11 is 0. The highest BCUT2D eigenvalue weighted by Gasteiger charge is 2.38. The predicted molar refractivity (Wildman–Crippen MR) is 78.2 cm³/mol. The van der Waals surface area contributed by atoms with Crippen molar-refractivity contribution in [3.63, 3.8) is 0 Å². The van der Waals surface area contributed by atoms with Crippen molar-refractivity contribution in [3.05, 3.63) is 30.1 Å². The van der Waals surface area contributed by atoms with E-state index in [-0.39, 0.29) is 5.54 Å². The molecule has 1 aliphatic carbocycles. The van der Waals surface area contributed by atoms with Gasteiger partial charge in [0.1, 0.15) is 12.1 Å². The highest BCUT2D eigenvalue weighted by atomic mass is 19.2. The molecule has 0 radical (unpaired) electrons. The molecule has 112 valence electrons. The number of halogens is 2. The first kappa shape index (κ1) is 14.1. The Morgan fingerprint density at radius 3 is 2.52 bits per heavy atom. The number of nitrogens with one attached hydrogen (secondary N) is 1. The Hall–Kier alpha value is -1.82. The van der Waals surface area contributed by atoms with Gasteiger partial charge in [-0.1, -0.05) is 0 Å². The van der Waals surface area contributed by atoms with Crippen molar-refractivity contribution in [2.45, 2.75) is 24.8 Å². The van der Waals surface area contributed by atoms with Gasteiger partial charge < -0.3 is 10.2 Å². The second kappa shape index (κ2) is 5.18. The van der Waals surface area contributed by atoms with Crippen LogP contribution in [0.3, 0.4) is 0 Å². The minimum Gasteiger partial charge on any atom is -0.363 e. The molecule has 1 aromatic heterocycles. The van der Waals surface area contributed by atoms with E-state index >= 15 is 0 Å². The van der Waals surface area contributed by atoms with Gasteiger partial charge in [0.05, 0.1) is 11.1 Å². The van der Waals surface area contributed by atoms with E-state index in [1.807, 2.05) is 14.1 Å². The minimum absolute atomic E-state index is 0.0460. The number of hydrogen-bond acceptors (Lipinski definition) is 4. The van der Waals surface area contributed by atoms with Crippen molar-refractivity contribution >= 4 is 16.7 Å². The molecule has 3 rings (SSSR count). The molecule has 2 aromatic rings. The number of benzene rings is 1. The summed E-state index contributed by atoms with van der Waals surface area (Å²) in [7, 11) is 4.05. The van der Waals surface area contributed by atoms with Gasteiger partial charge in [0.25, 0.3) is 0 Å². The number of likely N-dealkylation sites (N-methyl/N-ethyl adjacent to an activating group) is 1. The molecule has 6 heteroatoms. The van der Waals surface area contributed by atoms with Crippen LogP contribution in [0.25, 0.3) is 10.9 Å². The lowest BCUT2D eigenvalue weighted by Crippen LogP contribution is -2.52. The Bertz CT molecular complexity index is 668. The molecule has 0 aliphatic heterocycles. The van der Waals surface area contributed by atoms with Crippen molar-refractivity contribution in [3.8, 4) is 0 Å². The van der Waals surface area contributed by atoms with Gasteiger partial charge in [-0.3, -0.25) is 0 Å². The molecule has 0 atom stereocenters. The van der Waals surface area contributed by atoms with Crippen LogP contribution >= 0.6 is 0 Å². The maximum Gasteiger partial charge on any atom is 0.161 e. The topological polar surface area (TPSA) is 41.0 Å². The summed E-state index contributed by atoms with van der Waals surface area (Å²) in [5.74, 6) is -1.20. The quantitative estimate of drug-likeness (QED) is 0.941. The summed E-state index contributed by atoms with van der Waals surface area (Å²) in [5.41, 5.74) is 0.362. The molecule has 4 nitrogen and oxygen atoms in total. The van der Waals surface area contributed by atoms with Gasteiger partial charge in [-0.05, 0) is 39.4 Å². The van der Waals surface area contributed by atoms with E-state index < -0.39 is 11.6 Å². The van der Waals surface area contributed by atoms with Crippen molar-refractivity contribution in [1.82, 2.24) is 14.9 Å². The molecule has 0 unspecified atom stereocenters. The van der Waals surface area contributed by atoms with Crippen LogP contribution in [0.5, 0.6) is 0 Å². The van der Waals surface area contributed by atoms with Gasteiger partial charge in [0.2, 0.25) is 0 Å². The van der Waals surface area contributed by atoms with E-state index in [0.29, 0.717) is 16.7 Å². The van der Waals surface area contributed by atoms with Crippen LogP contribution in [0, 0.1) is 11.6 Å². The molecule has 1 fully saturated rings. The van der Waals surface area contributed by atoms with Gasteiger partial charge in [0, 0.05) is 18.0 Å². The zero-order chi connectivity index (χ0) is 15.0. The van der Waals surface area contributed by atoms with E-state index in [0.717, 1.165) is 37.9 Å². The van der Waals surface area contributed by atoms with E-state index in [2.05, 4.69) is 20.2 Å². The zero-order valence-corrected chi connectivity index (χ0v) is 12.2. The summed E-state index contributed by atoms with van der Waals surface area (Å²) in [6.07, 6.45) is 4.62. The van der Waals surface area contributed by atoms with Gasteiger partial charge in [-0.15, -0.1) is 0 Å². The number of rotatable bonds is 4. The molecule has 1 saturated carbocycles. The lowest BCUT2D eigenvalue weighted by atomic mass is 9.76. The highest BCUT2D eigenvalue weighted by Crippen LogP contribution is 2.36. The molecular weight excluding hydrogens is 274 g/mol. The zero-order valence-electron chi connectivity index (χ0n) is 12.2. The van der Waals surface area contributed by atoms with Crippen molar-refractivity contribution in [1.29, 1.82) is 0 Å². The van der Waals surface area contributed by atoms with E-state index in [9.17, 15) is 8.78 Å². The first-order valence-corrected chi connectivity index (χ1v) is 7.02. The number of hydrogen-bond donors (Lipinski definition) is 1. The van der Waals surface area contributed by atoms with Crippen LogP contribution in [-0.2, 0) is 0 Å². The van der Waals surface area contributed by atoms with Crippen LogP contribution in [0.1, 0.15) is 19.3 Å². The monoisotopic (exact) mass is 292 g/mol. The fourth-order valence-corrected chi connectivity index (χ4v) is 2.93. The Labute approximate surface area is 122 Å². The van der Waals surface area contributed by atoms with Crippen LogP contribution in [-0.4, -0.2) is 41.0 Å². The third-order valence-corrected chi connectivity index (χ3v) is 3.99. The number of fused-ring (bicyclic) bond motifs is 1. The molecule has 0 bridgehead atoms. The Kier molecular flexibility index (Phi) is 3.49. The standard InChI is InChI=1S/C15H18F2N4/c1-21(2)8-15(4-3-5-15)20-14-10-6-11(16)12(17)7-13(10)18-9-19-14/h6-7,9H,3-5,8H2,1-2H3,(H,18,19,20). The molecule has 0 spiro atoms. The first-order valence-electron chi connectivity index (χ1n) is 7.02. The fourth-order valence-electron chi connectivity index (χ4n) is 2.93. The molecule has 1 aliphatic rings. The maximum atomic E-state index is 13.5. The second-order valence-corrected chi connectivity index (χ2v) is 6.00. The molecule has 0 amide bonds. The van der Waals surface area contributed by atoms with Crippen molar-refractivity contribution in [2.75, 3.05) is 26.0 Å². The molecule has 1 N–H and O–H groups in total. The molecule has 21 heavy (non-hydrogen) atoms. The summed E-state index contributed by atoms with van der Waals surface area (Å²) in [6.45, 7) is 0.877. The normalized spacial score (nSPS) is 17.0. The summed E-state index contributed by atoms with van der Waals surface area (Å²) in [4.78, 5) is 10.4. The van der Waals surface area contributed by atoms with Gasteiger partial charge in [-0.2, -0.15) is 0 Å². The molecular formula is C15H18F2N4. The van der Waals surface area contributed by atoms with Crippen LogP contribution in [0.4, 0.5) is 14.6 Å². The first-order chi connectivity index (χ1) is 9.99. The average Bonchev–Trinajstić information content (AvgIpc) is 2.38. The summed E-state index contributed by atoms with van der Waals surface area (Å²) in [5, 5.41) is 3.95. The number of nitrogens with zero attached hydrogens (tertiary/aromatic N) is 3. The van der Waals surface area contributed by atoms with Gasteiger partial charge in [0.15, 0.2) is 11.6 Å².